The van der Waals surface area contributed by atoms with Gasteiger partial charge in [0.25, 0.3) is 0 Å². The fourth-order valence-electron chi connectivity index (χ4n) is 4.41. The van der Waals surface area contributed by atoms with Gasteiger partial charge in [0.1, 0.15) is 0 Å². The molecule has 10 heteroatoms. The average molecular weight is 599 g/mol. The Morgan fingerprint density at radius 1 is 0.500 bits per heavy atom. The number of hydrogen-bond donors (Lipinski definition) is 2. The summed E-state index contributed by atoms with van der Waals surface area (Å²) in [6.07, 6.45) is 3.61. The molecule has 0 aliphatic carbocycles. The first-order chi connectivity index (χ1) is 21.6. The summed E-state index contributed by atoms with van der Waals surface area (Å²) in [5, 5.41) is 16.2. The van der Waals surface area contributed by atoms with Gasteiger partial charge in [-0.15, -0.1) is 0 Å². The Kier molecular flexibility index (Phi) is 11.6. The second-order valence-electron chi connectivity index (χ2n) is 9.18. The average Bonchev–Trinajstić information content (AvgIpc) is 3.76. The van der Waals surface area contributed by atoms with Crippen LogP contribution in [0.3, 0.4) is 0 Å². The lowest BCUT2D eigenvalue weighted by Crippen LogP contribution is -2.00. The first-order valence-electron chi connectivity index (χ1n) is 14.1. The van der Waals surface area contributed by atoms with E-state index >= 15 is 0 Å². The Labute approximate surface area is 256 Å². The standard InChI is InChI=1S/2C16H16N2O3.C2H6/c2*1-19-10-21-15-6-5-12(8-16(15)20-2)11-3-4-13-9-17-18-14(13)7-11;1-2/h2*3-9H,10H2,1-2H3,(H,17,18);1-2H3. The van der Waals surface area contributed by atoms with Crippen molar-refractivity contribution in [3.63, 3.8) is 0 Å². The molecular weight excluding hydrogens is 560 g/mol. The molecule has 0 aliphatic rings. The van der Waals surface area contributed by atoms with E-state index in [2.05, 4.69) is 44.7 Å². The van der Waals surface area contributed by atoms with E-state index in [9.17, 15) is 0 Å². The number of aromatic amines is 2. The Morgan fingerprint density at radius 2 is 0.886 bits per heavy atom. The zero-order valence-corrected chi connectivity index (χ0v) is 25.8. The summed E-state index contributed by atoms with van der Waals surface area (Å²) < 4.78 is 31.5. The van der Waals surface area contributed by atoms with E-state index in [1.165, 1.54) is 0 Å². The fourth-order valence-corrected chi connectivity index (χ4v) is 4.41. The number of benzene rings is 4. The molecule has 0 bridgehead atoms. The third-order valence-electron chi connectivity index (χ3n) is 6.54. The first-order valence-corrected chi connectivity index (χ1v) is 14.1. The van der Waals surface area contributed by atoms with Crippen molar-refractivity contribution in [3.8, 4) is 45.3 Å². The minimum absolute atomic E-state index is 0.190. The number of methoxy groups -OCH3 is 4. The van der Waals surface area contributed by atoms with Crippen LogP contribution in [0, 0.1) is 0 Å². The van der Waals surface area contributed by atoms with Gasteiger partial charge in [0, 0.05) is 25.0 Å². The van der Waals surface area contributed by atoms with Crippen LogP contribution in [-0.4, -0.2) is 62.4 Å². The molecule has 0 amide bonds. The van der Waals surface area contributed by atoms with Gasteiger partial charge in [0.2, 0.25) is 0 Å². The maximum absolute atomic E-state index is 5.46. The number of fused-ring (bicyclic) bond motifs is 2. The summed E-state index contributed by atoms with van der Waals surface area (Å²) in [5.41, 5.74) is 6.28. The first kappa shape index (κ1) is 31.9. The van der Waals surface area contributed by atoms with E-state index in [4.69, 9.17) is 28.4 Å². The van der Waals surface area contributed by atoms with Crippen LogP contribution in [0.4, 0.5) is 0 Å². The topological polar surface area (TPSA) is 113 Å². The molecule has 6 rings (SSSR count). The third-order valence-corrected chi connectivity index (χ3v) is 6.54. The minimum Gasteiger partial charge on any atom is -0.493 e. The smallest absolute Gasteiger partial charge is 0.188 e. The van der Waals surface area contributed by atoms with E-state index in [0.29, 0.717) is 23.0 Å². The van der Waals surface area contributed by atoms with Gasteiger partial charge in [-0.1, -0.05) is 50.2 Å². The van der Waals surface area contributed by atoms with Crippen LogP contribution in [0.2, 0.25) is 0 Å². The highest BCUT2D eigenvalue weighted by Gasteiger charge is 2.09. The number of nitrogens with zero attached hydrogens (tertiary/aromatic N) is 2. The van der Waals surface area contributed by atoms with Crippen LogP contribution in [-0.2, 0) is 9.47 Å². The second-order valence-corrected chi connectivity index (χ2v) is 9.18. The van der Waals surface area contributed by atoms with Gasteiger partial charge in [-0.2, -0.15) is 10.2 Å². The molecule has 0 saturated carbocycles. The molecule has 0 unspecified atom stereocenters. The predicted octanol–water partition coefficient (Wildman–Crippen LogP) is 7.47. The van der Waals surface area contributed by atoms with Crippen LogP contribution in [0.5, 0.6) is 23.0 Å². The van der Waals surface area contributed by atoms with Crippen LogP contribution in [0.1, 0.15) is 13.8 Å². The van der Waals surface area contributed by atoms with Gasteiger partial charge in [-0.05, 0) is 58.7 Å². The maximum atomic E-state index is 5.46. The minimum atomic E-state index is 0.190. The summed E-state index contributed by atoms with van der Waals surface area (Å²) in [5.74, 6) is 2.67. The molecule has 6 aromatic rings. The summed E-state index contributed by atoms with van der Waals surface area (Å²) in [6.45, 7) is 4.38. The quantitative estimate of drug-likeness (QED) is 0.156. The molecule has 2 N–H and O–H groups in total. The van der Waals surface area contributed by atoms with E-state index in [1.54, 1.807) is 40.8 Å². The lowest BCUT2D eigenvalue weighted by Gasteiger charge is -2.11. The van der Waals surface area contributed by atoms with Gasteiger partial charge in [0.05, 0.1) is 37.6 Å². The summed E-state index contributed by atoms with van der Waals surface area (Å²) in [7, 11) is 6.41. The SMILES string of the molecule is CC.COCOc1ccc(-c2ccc3cn[nH]c3c2)cc1OC.COCOc1ccc(-c2ccc3cn[nH]c3c2)cc1OC. The summed E-state index contributed by atoms with van der Waals surface area (Å²) >= 11 is 0. The fraction of sp³-hybridized carbons (Fsp3) is 0.235. The van der Waals surface area contributed by atoms with Crippen LogP contribution >= 0.6 is 0 Å². The molecular formula is C34H38N4O6. The molecule has 0 radical (unpaired) electrons. The van der Waals surface area contributed by atoms with Gasteiger partial charge in [-0.25, -0.2) is 0 Å². The number of hydrogen-bond acceptors (Lipinski definition) is 8. The highest BCUT2D eigenvalue weighted by molar-refractivity contribution is 5.85. The van der Waals surface area contributed by atoms with Gasteiger partial charge < -0.3 is 28.4 Å². The number of ether oxygens (including phenoxy) is 6. The zero-order valence-electron chi connectivity index (χ0n) is 25.8. The van der Waals surface area contributed by atoms with Crippen LogP contribution in [0.25, 0.3) is 44.1 Å². The van der Waals surface area contributed by atoms with E-state index in [0.717, 1.165) is 44.1 Å². The Hall–Kier alpha value is -5.06. The molecule has 2 aromatic heterocycles. The van der Waals surface area contributed by atoms with Crippen LogP contribution in [0.15, 0.2) is 85.2 Å². The lowest BCUT2D eigenvalue weighted by atomic mass is 10.0. The highest BCUT2D eigenvalue weighted by atomic mass is 16.7. The van der Waals surface area contributed by atoms with Crippen molar-refractivity contribution < 1.29 is 28.4 Å². The predicted molar refractivity (Wildman–Crippen MR) is 173 cm³/mol. The molecule has 0 atom stereocenters. The van der Waals surface area contributed by atoms with Crippen molar-refractivity contribution in [2.24, 2.45) is 0 Å². The maximum Gasteiger partial charge on any atom is 0.188 e. The Balaban J connectivity index is 0.000000190. The molecule has 4 aromatic carbocycles. The molecule has 2 heterocycles. The van der Waals surface area contributed by atoms with Gasteiger partial charge in [0.15, 0.2) is 36.6 Å². The van der Waals surface area contributed by atoms with Crippen molar-refractivity contribution in [1.29, 1.82) is 0 Å². The number of nitrogens with one attached hydrogen (secondary N) is 2. The van der Waals surface area contributed by atoms with Crippen LogP contribution < -0.4 is 18.9 Å². The normalized spacial score (nSPS) is 10.4. The van der Waals surface area contributed by atoms with Crippen molar-refractivity contribution in [2.75, 3.05) is 42.0 Å². The van der Waals surface area contributed by atoms with Crippen molar-refractivity contribution in [1.82, 2.24) is 20.4 Å². The molecule has 0 fully saturated rings. The van der Waals surface area contributed by atoms with Crippen molar-refractivity contribution in [3.05, 3.63) is 85.2 Å². The van der Waals surface area contributed by atoms with E-state index < -0.39 is 0 Å². The number of aromatic nitrogens is 4. The molecule has 0 spiro atoms. The summed E-state index contributed by atoms with van der Waals surface area (Å²) in [4.78, 5) is 0. The number of H-pyrrole nitrogens is 2. The zero-order chi connectivity index (χ0) is 31.3. The van der Waals surface area contributed by atoms with Crippen molar-refractivity contribution >= 4 is 21.8 Å². The van der Waals surface area contributed by atoms with E-state index in [-0.39, 0.29) is 13.6 Å². The second kappa shape index (κ2) is 16.0. The highest BCUT2D eigenvalue weighted by Crippen LogP contribution is 2.34. The van der Waals surface area contributed by atoms with E-state index in [1.807, 2.05) is 62.4 Å². The lowest BCUT2D eigenvalue weighted by molar-refractivity contribution is 0.0490. The molecule has 0 aliphatic heterocycles. The van der Waals surface area contributed by atoms with Gasteiger partial charge >= 0.3 is 0 Å². The Bertz CT molecular complexity index is 1630. The molecule has 230 valence electrons. The van der Waals surface area contributed by atoms with Crippen molar-refractivity contribution in [2.45, 2.75) is 13.8 Å². The largest absolute Gasteiger partial charge is 0.493 e. The molecule has 10 nitrogen and oxygen atoms in total. The number of rotatable bonds is 10. The molecule has 44 heavy (non-hydrogen) atoms. The monoisotopic (exact) mass is 598 g/mol. The molecule has 0 saturated heterocycles. The third kappa shape index (κ3) is 7.66. The Morgan fingerprint density at radius 3 is 1.27 bits per heavy atom. The van der Waals surface area contributed by atoms with Gasteiger partial charge in [-0.3, -0.25) is 10.2 Å². The summed E-state index contributed by atoms with van der Waals surface area (Å²) in [6, 6.07) is 24.0.